The molecular formula is C9H4BrNS. The van der Waals surface area contributed by atoms with Crippen molar-refractivity contribution in [1.82, 2.24) is 0 Å². The first-order valence-corrected chi connectivity index (χ1v) is 5.03. The van der Waals surface area contributed by atoms with Gasteiger partial charge >= 0.3 is 0 Å². The Kier molecular flexibility index (Phi) is 1.87. The van der Waals surface area contributed by atoms with E-state index in [1.165, 1.54) is 4.70 Å². The molecule has 0 fully saturated rings. The summed E-state index contributed by atoms with van der Waals surface area (Å²) in [5.41, 5.74) is 0.696. The molecule has 1 nitrogen and oxygen atoms in total. The number of hydrogen-bond acceptors (Lipinski definition) is 1. The maximum absolute atomic E-state index is 6.86. The number of rotatable bonds is 0. The highest BCUT2D eigenvalue weighted by Crippen LogP contribution is 2.32. The third-order valence-electron chi connectivity index (χ3n) is 1.64. The fraction of sp³-hybridized carbons (Fsp3) is 0. The second kappa shape index (κ2) is 2.89. The molecule has 0 N–H and O–H groups in total. The van der Waals surface area contributed by atoms with Crippen molar-refractivity contribution in [3.63, 3.8) is 0 Å². The smallest absolute Gasteiger partial charge is 0.187 e. The van der Waals surface area contributed by atoms with E-state index < -0.39 is 0 Å². The molecule has 0 unspecified atom stereocenters. The highest BCUT2D eigenvalue weighted by molar-refractivity contribution is 9.10. The number of benzene rings is 1. The molecular weight excluding hydrogens is 234 g/mol. The van der Waals surface area contributed by atoms with Crippen LogP contribution in [-0.2, 0) is 0 Å². The van der Waals surface area contributed by atoms with Crippen LogP contribution in [0.25, 0.3) is 14.9 Å². The van der Waals surface area contributed by atoms with Crippen molar-refractivity contribution in [2.45, 2.75) is 0 Å². The van der Waals surface area contributed by atoms with Crippen molar-refractivity contribution in [2.75, 3.05) is 0 Å². The molecule has 0 radical (unpaired) electrons. The summed E-state index contributed by atoms with van der Waals surface area (Å²) in [7, 11) is 0. The average Bonchev–Trinajstić information content (AvgIpc) is 2.47. The van der Waals surface area contributed by atoms with Gasteiger partial charge in [0.25, 0.3) is 0 Å². The fourth-order valence-electron chi connectivity index (χ4n) is 1.06. The van der Waals surface area contributed by atoms with Gasteiger partial charge in [0.1, 0.15) is 0 Å². The van der Waals surface area contributed by atoms with Crippen LogP contribution >= 0.6 is 27.3 Å². The highest BCUT2D eigenvalue weighted by atomic mass is 79.9. The standard InChI is InChI=1S/C9H4BrNS/c1-11-6-2-3-9-7(4-6)8(10)5-12-9/h2-5H. The fourth-order valence-corrected chi connectivity index (χ4v) is 2.60. The van der Waals surface area contributed by atoms with Gasteiger partial charge in [-0.2, -0.15) is 0 Å². The van der Waals surface area contributed by atoms with Gasteiger partial charge in [-0.3, -0.25) is 0 Å². The predicted molar refractivity (Wildman–Crippen MR) is 55.8 cm³/mol. The molecule has 0 saturated carbocycles. The maximum atomic E-state index is 6.86. The summed E-state index contributed by atoms with van der Waals surface area (Å²) < 4.78 is 2.29. The van der Waals surface area contributed by atoms with Crippen molar-refractivity contribution in [2.24, 2.45) is 0 Å². The van der Waals surface area contributed by atoms with Gasteiger partial charge in [-0.25, -0.2) is 4.85 Å². The molecule has 1 aromatic carbocycles. The molecule has 12 heavy (non-hydrogen) atoms. The molecule has 0 amide bonds. The molecule has 2 aromatic rings. The quantitative estimate of drug-likeness (QED) is 0.605. The predicted octanol–water partition coefficient (Wildman–Crippen LogP) is 4.21. The van der Waals surface area contributed by atoms with E-state index in [1.54, 1.807) is 11.3 Å². The monoisotopic (exact) mass is 237 g/mol. The van der Waals surface area contributed by atoms with Crippen LogP contribution in [0.15, 0.2) is 28.1 Å². The van der Waals surface area contributed by atoms with Crippen molar-refractivity contribution >= 4 is 43.0 Å². The Morgan fingerprint density at radius 1 is 1.42 bits per heavy atom. The summed E-state index contributed by atoms with van der Waals surface area (Å²) in [4.78, 5) is 3.38. The minimum Gasteiger partial charge on any atom is -0.238 e. The third-order valence-corrected chi connectivity index (χ3v) is 3.56. The van der Waals surface area contributed by atoms with Crippen LogP contribution in [0.5, 0.6) is 0 Å². The van der Waals surface area contributed by atoms with Gasteiger partial charge in [0.2, 0.25) is 0 Å². The number of thiophene rings is 1. The van der Waals surface area contributed by atoms with Gasteiger partial charge in [0.15, 0.2) is 5.69 Å². The zero-order valence-corrected chi connectivity index (χ0v) is 8.45. The lowest BCUT2D eigenvalue weighted by atomic mass is 10.2. The minimum atomic E-state index is 0.696. The zero-order valence-electron chi connectivity index (χ0n) is 6.04. The average molecular weight is 238 g/mol. The van der Waals surface area contributed by atoms with Crippen LogP contribution in [0, 0.1) is 6.57 Å². The lowest BCUT2D eigenvalue weighted by Crippen LogP contribution is -1.62. The Labute approximate surface area is 82.6 Å². The first kappa shape index (κ1) is 7.78. The van der Waals surface area contributed by atoms with Gasteiger partial charge < -0.3 is 0 Å². The van der Waals surface area contributed by atoms with Crippen LogP contribution in [0.2, 0.25) is 0 Å². The molecule has 0 aliphatic heterocycles. The Balaban J connectivity index is 2.82. The van der Waals surface area contributed by atoms with E-state index in [0.29, 0.717) is 5.69 Å². The Hall–Kier alpha value is -0.850. The Morgan fingerprint density at radius 3 is 3.00 bits per heavy atom. The van der Waals surface area contributed by atoms with Crippen LogP contribution in [0.4, 0.5) is 5.69 Å². The number of nitrogens with zero attached hydrogens (tertiary/aromatic N) is 1. The van der Waals surface area contributed by atoms with Crippen molar-refractivity contribution in [1.29, 1.82) is 0 Å². The van der Waals surface area contributed by atoms with Crippen molar-refractivity contribution in [3.05, 3.63) is 39.5 Å². The number of hydrogen-bond donors (Lipinski definition) is 0. The molecule has 58 valence electrons. The largest absolute Gasteiger partial charge is 0.238 e. The summed E-state index contributed by atoms with van der Waals surface area (Å²) in [5.74, 6) is 0. The summed E-state index contributed by atoms with van der Waals surface area (Å²) in [6.07, 6.45) is 0. The van der Waals surface area contributed by atoms with E-state index in [1.807, 2.05) is 23.6 Å². The van der Waals surface area contributed by atoms with E-state index in [9.17, 15) is 0 Å². The topological polar surface area (TPSA) is 4.36 Å². The molecule has 0 aliphatic carbocycles. The van der Waals surface area contributed by atoms with Crippen molar-refractivity contribution < 1.29 is 0 Å². The molecule has 3 heteroatoms. The molecule has 2 rings (SSSR count). The first-order chi connectivity index (χ1) is 5.81. The highest BCUT2D eigenvalue weighted by Gasteiger charge is 2.01. The Bertz CT molecular complexity index is 467. The van der Waals surface area contributed by atoms with E-state index >= 15 is 0 Å². The SMILES string of the molecule is [C-]#[N+]c1ccc2scc(Br)c2c1. The second-order valence-electron chi connectivity index (χ2n) is 2.38. The molecule has 0 aliphatic rings. The lowest BCUT2D eigenvalue weighted by Gasteiger charge is -1.90. The summed E-state index contributed by atoms with van der Waals surface area (Å²) >= 11 is 5.12. The molecule has 0 atom stereocenters. The van der Waals surface area contributed by atoms with E-state index in [4.69, 9.17) is 6.57 Å². The lowest BCUT2D eigenvalue weighted by molar-refractivity contribution is 1.82. The molecule has 0 spiro atoms. The summed E-state index contributed by atoms with van der Waals surface area (Å²) in [6.45, 7) is 6.86. The van der Waals surface area contributed by atoms with Gasteiger partial charge in [-0.15, -0.1) is 11.3 Å². The summed E-state index contributed by atoms with van der Waals surface area (Å²) in [6, 6.07) is 5.74. The second-order valence-corrected chi connectivity index (χ2v) is 4.14. The molecule has 1 heterocycles. The van der Waals surface area contributed by atoms with Gasteiger partial charge in [-0.1, -0.05) is 12.1 Å². The Morgan fingerprint density at radius 2 is 2.25 bits per heavy atom. The van der Waals surface area contributed by atoms with Crippen LogP contribution in [0.1, 0.15) is 0 Å². The third kappa shape index (κ3) is 1.13. The van der Waals surface area contributed by atoms with Crippen LogP contribution in [0.3, 0.4) is 0 Å². The van der Waals surface area contributed by atoms with Crippen molar-refractivity contribution in [3.8, 4) is 0 Å². The molecule has 1 aromatic heterocycles. The van der Waals surface area contributed by atoms with Gasteiger partial charge in [0, 0.05) is 14.6 Å². The van der Waals surface area contributed by atoms with E-state index in [2.05, 4.69) is 20.8 Å². The van der Waals surface area contributed by atoms with E-state index in [0.717, 1.165) is 9.86 Å². The molecule has 0 bridgehead atoms. The maximum Gasteiger partial charge on any atom is 0.187 e. The van der Waals surface area contributed by atoms with Crippen LogP contribution < -0.4 is 0 Å². The minimum absolute atomic E-state index is 0.696. The van der Waals surface area contributed by atoms with Gasteiger partial charge in [0.05, 0.1) is 6.57 Å². The number of halogens is 1. The van der Waals surface area contributed by atoms with Gasteiger partial charge in [-0.05, 0) is 27.4 Å². The normalized spacial score (nSPS) is 10.0. The molecule has 0 saturated heterocycles. The zero-order chi connectivity index (χ0) is 8.55. The van der Waals surface area contributed by atoms with Crippen LogP contribution in [-0.4, -0.2) is 0 Å². The van der Waals surface area contributed by atoms with E-state index in [-0.39, 0.29) is 0 Å². The summed E-state index contributed by atoms with van der Waals surface area (Å²) in [5, 5.41) is 3.17. The number of fused-ring (bicyclic) bond motifs is 1. The first-order valence-electron chi connectivity index (χ1n) is 3.35.